The number of piperidine rings is 1. The molecule has 3 heterocycles. The molecule has 2 aliphatic rings. The van der Waals surface area contributed by atoms with Crippen LogP contribution in [0.3, 0.4) is 0 Å². The normalized spacial score (nSPS) is 24.5. The third-order valence-electron chi connectivity index (χ3n) is 4.49. The lowest BCUT2D eigenvalue weighted by Gasteiger charge is -2.34. The van der Waals surface area contributed by atoms with Gasteiger partial charge >= 0.3 is 0 Å². The van der Waals surface area contributed by atoms with Crippen molar-refractivity contribution in [3.63, 3.8) is 0 Å². The number of carbonyl (C=O) groups is 1. The summed E-state index contributed by atoms with van der Waals surface area (Å²) in [6.45, 7) is 3.11. The molecule has 7 heteroatoms. The van der Waals surface area contributed by atoms with E-state index in [-0.39, 0.29) is 30.9 Å². The van der Waals surface area contributed by atoms with E-state index in [0.29, 0.717) is 18.2 Å². The summed E-state index contributed by atoms with van der Waals surface area (Å²) in [6, 6.07) is 0.234. The number of aromatic nitrogens is 1. The molecule has 2 aliphatic heterocycles. The molecule has 0 bridgehead atoms. The van der Waals surface area contributed by atoms with Crippen LogP contribution in [0.25, 0.3) is 0 Å². The van der Waals surface area contributed by atoms with Gasteiger partial charge in [-0.15, -0.1) is 36.2 Å². The quantitative estimate of drug-likeness (QED) is 0.888. The Balaban J connectivity index is 0.00000121. The standard InChI is InChI=1S/C15H23N3OS.2ClH/c19-14(5-4-12-6-7-16-11-12)18-9-2-1-3-13(18)15-17-8-10-20-15;;/h8,10,12-13,16H,1-7,9,11H2;2*1H. The second-order valence-corrected chi connectivity index (χ2v) is 6.79. The van der Waals surface area contributed by atoms with Crippen LogP contribution < -0.4 is 5.32 Å². The first-order valence-corrected chi connectivity index (χ1v) is 8.62. The van der Waals surface area contributed by atoms with Crippen LogP contribution in [-0.2, 0) is 4.79 Å². The summed E-state index contributed by atoms with van der Waals surface area (Å²) in [4.78, 5) is 19.1. The fourth-order valence-corrected chi connectivity index (χ4v) is 4.10. The molecule has 1 aromatic heterocycles. The minimum Gasteiger partial charge on any atom is -0.333 e. The molecule has 22 heavy (non-hydrogen) atoms. The number of halogens is 2. The van der Waals surface area contributed by atoms with E-state index >= 15 is 0 Å². The van der Waals surface area contributed by atoms with Crippen molar-refractivity contribution in [2.24, 2.45) is 5.92 Å². The van der Waals surface area contributed by atoms with Gasteiger partial charge in [0.05, 0.1) is 6.04 Å². The Morgan fingerprint density at radius 2 is 2.23 bits per heavy atom. The SMILES string of the molecule is Cl.Cl.O=C(CCC1CCNC1)N1CCCCC1c1nccs1. The van der Waals surface area contributed by atoms with Crippen molar-refractivity contribution in [3.8, 4) is 0 Å². The monoisotopic (exact) mass is 365 g/mol. The number of carbonyl (C=O) groups excluding carboxylic acids is 1. The lowest BCUT2D eigenvalue weighted by atomic mass is 9.99. The Kier molecular flexibility index (Phi) is 8.69. The largest absolute Gasteiger partial charge is 0.333 e. The Labute approximate surface area is 148 Å². The highest BCUT2D eigenvalue weighted by Crippen LogP contribution is 2.32. The van der Waals surface area contributed by atoms with Crippen LogP contribution in [0.4, 0.5) is 0 Å². The van der Waals surface area contributed by atoms with Crippen molar-refractivity contribution in [1.82, 2.24) is 15.2 Å². The Morgan fingerprint density at radius 1 is 1.36 bits per heavy atom. The number of thiazole rings is 1. The summed E-state index contributed by atoms with van der Waals surface area (Å²) in [6.07, 6.45) is 8.23. The Morgan fingerprint density at radius 3 is 2.91 bits per heavy atom. The molecule has 0 radical (unpaired) electrons. The average Bonchev–Trinajstić information content (AvgIpc) is 3.18. The van der Waals surface area contributed by atoms with Gasteiger partial charge in [-0.05, 0) is 51.1 Å². The van der Waals surface area contributed by atoms with Crippen LogP contribution >= 0.6 is 36.2 Å². The number of nitrogens with zero attached hydrogens (tertiary/aromatic N) is 2. The van der Waals surface area contributed by atoms with Gasteiger partial charge in [0.2, 0.25) is 5.91 Å². The first kappa shape index (κ1) is 19.7. The maximum atomic E-state index is 12.5. The van der Waals surface area contributed by atoms with Gasteiger partial charge in [-0.3, -0.25) is 4.79 Å². The number of nitrogens with one attached hydrogen (secondary N) is 1. The Hall–Kier alpha value is -0.360. The third kappa shape index (κ3) is 4.82. The lowest BCUT2D eigenvalue weighted by molar-refractivity contribution is -0.135. The summed E-state index contributed by atoms with van der Waals surface area (Å²) >= 11 is 1.68. The van der Waals surface area contributed by atoms with Gasteiger partial charge in [0.15, 0.2) is 0 Å². The number of rotatable bonds is 4. The summed E-state index contributed by atoms with van der Waals surface area (Å²) in [7, 11) is 0. The van der Waals surface area contributed by atoms with Gasteiger partial charge < -0.3 is 10.2 Å². The summed E-state index contributed by atoms with van der Waals surface area (Å²) in [5.74, 6) is 1.03. The first-order valence-electron chi connectivity index (χ1n) is 7.74. The van der Waals surface area contributed by atoms with E-state index in [1.165, 1.54) is 12.8 Å². The van der Waals surface area contributed by atoms with Crippen LogP contribution in [0.15, 0.2) is 11.6 Å². The smallest absolute Gasteiger partial charge is 0.223 e. The zero-order valence-electron chi connectivity index (χ0n) is 12.7. The molecular formula is C15H25Cl2N3OS. The zero-order valence-corrected chi connectivity index (χ0v) is 15.2. The molecule has 2 atom stereocenters. The summed E-state index contributed by atoms with van der Waals surface area (Å²) in [5, 5.41) is 6.50. The van der Waals surface area contributed by atoms with Crippen LogP contribution in [0.2, 0.25) is 0 Å². The minimum atomic E-state index is 0. The third-order valence-corrected chi connectivity index (χ3v) is 5.37. The van der Waals surface area contributed by atoms with Gasteiger partial charge in [-0.25, -0.2) is 4.98 Å². The Bertz CT molecular complexity index is 438. The van der Waals surface area contributed by atoms with Gasteiger partial charge in [-0.1, -0.05) is 0 Å². The molecule has 4 nitrogen and oxygen atoms in total. The molecular weight excluding hydrogens is 341 g/mol. The molecule has 1 N–H and O–H groups in total. The van der Waals surface area contributed by atoms with E-state index in [1.807, 2.05) is 11.6 Å². The van der Waals surface area contributed by atoms with Gasteiger partial charge in [0, 0.05) is 24.5 Å². The molecule has 0 aliphatic carbocycles. The molecule has 2 saturated heterocycles. The van der Waals surface area contributed by atoms with Gasteiger partial charge in [0.25, 0.3) is 0 Å². The fraction of sp³-hybridized carbons (Fsp3) is 0.733. The predicted molar refractivity (Wildman–Crippen MR) is 95.1 cm³/mol. The second kappa shape index (κ2) is 9.71. The van der Waals surface area contributed by atoms with Crippen molar-refractivity contribution in [1.29, 1.82) is 0 Å². The topological polar surface area (TPSA) is 45.2 Å². The van der Waals surface area contributed by atoms with Crippen molar-refractivity contribution in [2.45, 2.75) is 44.6 Å². The maximum Gasteiger partial charge on any atom is 0.223 e. The molecule has 1 aromatic rings. The number of likely N-dealkylation sites (tertiary alicyclic amines) is 1. The molecule has 126 valence electrons. The van der Waals surface area contributed by atoms with E-state index in [0.717, 1.165) is 43.9 Å². The molecule has 3 rings (SSSR count). The van der Waals surface area contributed by atoms with E-state index in [2.05, 4.69) is 15.2 Å². The van der Waals surface area contributed by atoms with Crippen LogP contribution in [0.1, 0.15) is 49.6 Å². The first-order chi connectivity index (χ1) is 9.84. The predicted octanol–water partition coefficient (Wildman–Crippen LogP) is 3.43. The molecule has 2 unspecified atom stereocenters. The van der Waals surface area contributed by atoms with Crippen LogP contribution in [-0.4, -0.2) is 35.4 Å². The van der Waals surface area contributed by atoms with Crippen molar-refractivity contribution in [2.75, 3.05) is 19.6 Å². The molecule has 2 fully saturated rings. The zero-order chi connectivity index (χ0) is 13.8. The number of amides is 1. The second-order valence-electron chi connectivity index (χ2n) is 5.87. The van der Waals surface area contributed by atoms with Crippen molar-refractivity contribution in [3.05, 3.63) is 16.6 Å². The van der Waals surface area contributed by atoms with Crippen LogP contribution in [0.5, 0.6) is 0 Å². The molecule has 1 amide bonds. The molecule has 0 spiro atoms. The number of hydrogen-bond acceptors (Lipinski definition) is 4. The van der Waals surface area contributed by atoms with E-state index in [9.17, 15) is 4.79 Å². The van der Waals surface area contributed by atoms with Gasteiger partial charge in [-0.2, -0.15) is 0 Å². The van der Waals surface area contributed by atoms with Crippen molar-refractivity contribution >= 4 is 42.1 Å². The highest BCUT2D eigenvalue weighted by molar-refractivity contribution is 7.09. The lowest BCUT2D eigenvalue weighted by Crippen LogP contribution is -2.38. The molecule has 0 aromatic carbocycles. The summed E-state index contributed by atoms with van der Waals surface area (Å²) < 4.78 is 0. The van der Waals surface area contributed by atoms with Crippen LogP contribution in [0, 0.1) is 5.92 Å². The fourth-order valence-electron chi connectivity index (χ4n) is 3.32. The highest BCUT2D eigenvalue weighted by Gasteiger charge is 2.29. The summed E-state index contributed by atoms with van der Waals surface area (Å²) in [5.41, 5.74) is 0. The highest BCUT2D eigenvalue weighted by atomic mass is 35.5. The minimum absolute atomic E-state index is 0. The van der Waals surface area contributed by atoms with E-state index in [1.54, 1.807) is 11.3 Å². The van der Waals surface area contributed by atoms with Gasteiger partial charge in [0.1, 0.15) is 5.01 Å². The number of hydrogen-bond donors (Lipinski definition) is 1. The van der Waals surface area contributed by atoms with Crippen molar-refractivity contribution < 1.29 is 4.79 Å². The molecule has 0 saturated carbocycles. The van der Waals surface area contributed by atoms with E-state index in [4.69, 9.17) is 0 Å². The van der Waals surface area contributed by atoms with E-state index < -0.39 is 0 Å². The maximum absolute atomic E-state index is 12.5. The average molecular weight is 366 g/mol.